The number of aliphatic carboxylic acids is 1. The first kappa shape index (κ1) is 13.3. The van der Waals surface area contributed by atoms with Gasteiger partial charge in [-0.2, -0.15) is 0 Å². The molecule has 3 rings (SSSR count). The number of hydrogen-bond acceptors (Lipinski definition) is 4. The van der Waals surface area contributed by atoms with Gasteiger partial charge < -0.3 is 15.3 Å². The summed E-state index contributed by atoms with van der Waals surface area (Å²) in [6, 6.07) is 11.4. The summed E-state index contributed by atoms with van der Waals surface area (Å²) in [7, 11) is 0. The number of para-hydroxylation sites is 1. The van der Waals surface area contributed by atoms with Crippen LogP contribution in [0.3, 0.4) is 0 Å². The maximum Gasteiger partial charge on any atom is 0.320 e. The first-order valence-electron chi connectivity index (χ1n) is 6.49. The first-order valence-corrected chi connectivity index (χ1v) is 6.49. The molecule has 1 heterocycles. The maximum absolute atomic E-state index is 12.1. The van der Waals surface area contributed by atoms with Gasteiger partial charge in [-0.1, -0.05) is 18.2 Å². The van der Waals surface area contributed by atoms with Crippen molar-refractivity contribution in [3.8, 4) is 0 Å². The van der Waals surface area contributed by atoms with E-state index in [1.54, 1.807) is 18.2 Å². The second-order valence-electron chi connectivity index (χ2n) is 4.88. The number of nitrogens with two attached hydrogens (primary N) is 1. The largest absolute Gasteiger partial charge is 0.480 e. The summed E-state index contributed by atoms with van der Waals surface area (Å²) in [6.07, 6.45) is -0.226. The fourth-order valence-electron chi connectivity index (χ4n) is 2.30. The van der Waals surface area contributed by atoms with E-state index >= 15 is 0 Å². The molecular weight excluding hydrogens is 270 g/mol. The summed E-state index contributed by atoms with van der Waals surface area (Å²) < 4.78 is 5.68. The minimum Gasteiger partial charge on any atom is -0.480 e. The van der Waals surface area contributed by atoms with Crippen LogP contribution in [0, 0.1) is 0 Å². The van der Waals surface area contributed by atoms with E-state index in [2.05, 4.69) is 0 Å². The molecule has 0 bridgehead atoms. The summed E-state index contributed by atoms with van der Waals surface area (Å²) in [5, 5.41) is 10.5. The Labute approximate surface area is 120 Å². The molecule has 0 aliphatic carbocycles. The van der Waals surface area contributed by atoms with Crippen molar-refractivity contribution in [2.75, 3.05) is 0 Å². The van der Waals surface area contributed by atoms with Gasteiger partial charge in [-0.05, 0) is 24.3 Å². The van der Waals surface area contributed by atoms with Gasteiger partial charge in [0.2, 0.25) is 0 Å². The van der Waals surface area contributed by atoms with Crippen LogP contribution in [-0.4, -0.2) is 22.9 Å². The third kappa shape index (κ3) is 2.39. The standard InChI is InChI=1S/C16H13NO4/c17-12(16(19)20)8-13(18)9-5-6-15-11(7-9)10-3-1-2-4-14(10)21-15/h1-7,12H,8,17H2,(H,19,20)/t12-/m0/s1. The molecule has 0 aliphatic heterocycles. The average Bonchev–Trinajstić information content (AvgIpc) is 2.84. The fourth-order valence-corrected chi connectivity index (χ4v) is 2.30. The van der Waals surface area contributed by atoms with E-state index in [1.807, 2.05) is 24.3 Å². The Morgan fingerprint density at radius 1 is 1.10 bits per heavy atom. The lowest BCUT2D eigenvalue weighted by Gasteiger charge is -2.05. The van der Waals surface area contributed by atoms with Gasteiger partial charge in [0, 0.05) is 22.8 Å². The molecule has 106 valence electrons. The van der Waals surface area contributed by atoms with Gasteiger partial charge in [-0.3, -0.25) is 9.59 Å². The van der Waals surface area contributed by atoms with Gasteiger partial charge in [0.1, 0.15) is 17.2 Å². The number of furan rings is 1. The average molecular weight is 283 g/mol. The number of hydrogen-bond donors (Lipinski definition) is 2. The van der Waals surface area contributed by atoms with E-state index < -0.39 is 12.0 Å². The number of carbonyl (C=O) groups excluding carboxylic acids is 1. The number of rotatable bonds is 4. The first-order chi connectivity index (χ1) is 10.1. The van der Waals surface area contributed by atoms with Crippen molar-refractivity contribution in [3.05, 3.63) is 48.0 Å². The Balaban J connectivity index is 2.02. The molecule has 0 saturated heterocycles. The third-order valence-electron chi connectivity index (χ3n) is 3.42. The van der Waals surface area contributed by atoms with Crippen molar-refractivity contribution in [1.82, 2.24) is 0 Å². The second-order valence-corrected chi connectivity index (χ2v) is 4.88. The number of fused-ring (bicyclic) bond motifs is 3. The number of ketones is 1. The highest BCUT2D eigenvalue weighted by Gasteiger charge is 2.18. The lowest BCUT2D eigenvalue weighted by molar-refractivity contribution is -0.138. The van der Waals surface area contributed by atoms with E-state index in [9.17, 15) is 9.59 Å². The highest BCUT2D eigenvalue weighted by molar-refractivity contribution is 6.08. The van der Waals surface area contributed by atoms with Crippen LogP contribution in [0.15, 0.2) is 46.9 Å². The maximum atomic E-state index is 12.1. The molecule has 5 nitrogen and oxygen atoms in total. The normalized spacial score (nSPS) is 12.6. The molecule has 0 fully saturated rings. The van der Waals surface area contributed by atoms with Crippen LogP contribution in [0.1, 0.15) is 16.8 Å². The molecule has 3 N–H and O–H groups in total. The Hall–Kier alpha value is -2.66. The number of carboxylic acids is 1. The Bertz CT molecular complexity index is 850. The van der Waals surface area contributed by atoms with Crippen LogP contribution in [0.2, 0.25) is 0 Å². The van der Waals surface area contributed by atoms with Crippen LogP contribution < -0.4 is 5.73 Å². The zero-order valence-corrected chi connectivity index (χ0v) is 11.1. The molecule has 3 aromatic rings. The molecule has 2 aromatic carbocycles. The predicted molar refractivity (Wildman–Crippen MR) is 78.3 cm³/mol. The van der Waals surface area contributed by atoms with Gasteiger partial charge in [0.15, 0.2) is 5.78 Å². The highest BCUT2D eigenvalue weighted by atomic mass is 16.4. The number of carboxylic acid groups (broad SMARTS) is 1. The summed E-state index contributed by atoms with van der Waals surface area (Å²) in [6.45, 7) is 0. The third-order valence-corrected chi connectivity index (χ3v) is 3.42. The Morgan fingerprint density at radius 2 is 1.81 bits per heavy atom. The highest BCUT2D eigenvalue weighted by Crippen LogP contribution is 2.29. The number of benzene rings is 2. The van der Waals surface area contributed by atoms with Crippen molar-refractivity contribution in [2.45, 2.75) is 12.5 Å². The molecule has 0 unspecified atom stereocenters. The van der Waals surface area contributed by atoms with Crippen LogP contribution in [0.4, 0.5) is 0 Å². The second kappa shape index (κ2) is 5.03. The van der Waals surface area contributed by atoms with E-state index in [1.165, 1.54) is 0 Å². The van der Waals surface area contributed by atoms with Gasteiger partial charge >= 0.3 is 5.97 Å². The van der Waals surface area contributed by atoms with Crippen LogP contribution in [0.25, 0.3) is 21.9 Å². The van der Waals surface area contributed by atoms with E-state index in [4.69, 9.17) is 15.3 Å². The summed E-state index contributed by atoms with van der Waals surface area (Å²) in [4.78, 5) is 22.8. The molecule has 0 amide bonds. The number of carbonyl (C=O) groups is 2. The molecule has 21 heavy (non-hydrogen) atoms. The number of Topliss-reactive ketones (excluding diaryl/α,β-unsaturated/α-hetero) is 1. The molecule has 1 atom stereocenters. The molecule has 0 aliphatic rings. The summed E-state index contributed by atoms with van der Waals surface area (Å²) in [5.74, 6) is -1.48. The van der Waals surface area contributed by atoms with E-state index in [-0.39, 0.29) is 12.2 Å². The quantitative estimate of drug-likeness (QED) is 0.718. The van der Waals surface area contributed by atoms with Crippen molar-refractivity contribution < 1.29 is 19.1 Å². The topological polar surface area (TPSA) is 93.5 Å². The molecule has 0 radical (unpaired) electrons. The molecule has 5 heteroatoms. The summed E-state index contributed by atoms with van der Waals surface area (Å²) >= 11 is 0. The van der Waals surface area contributed by atoms with E-state index in [0.717, 1.165) is 16.4 Å². The lowest BCUT2D eigenvalue weighted by atomic mass is 10.0. The molecular formula is C16H13NO4. The predicted octanol–water partition coefficient (Wildman–Crippen LogP) is 2.57. The summed E-state index contributed by atoms with van der Waals surface area (Å²) in [5.41, 5.74) is 7.27. The molecule has 1 aromatic heterocycles. The van der Waals surface area contributed by atoms with Gasteiger partial charge in [-0.15, -0.1) is 0 Å². The Morgan fingerprint density at radius 3 is 2.57 bits per heavy atom. The molecule has 0 spiro atoms. The van der Waals surface area contributed by atoms with Crippen molar-refractivity contribution in [3.63, 3.8) is 0 Å². The van der Waals surface area contributed by atoms with Crippen LogP contribution in [-0.2, 0) is 4.79 Å². The van der Waals surface area contributed by atoms with Crippen molar-refractivity contribution in [1.29, 1.82) is 0 Å². The van der Waals surface area contributed by atoms with Crippen LogP contribution >= 0.6 is 0 Å². The monoisotopic (exact) mass is 283 g/mol. The van der Waals surface area contributed by atoms with Gasteiger partial charge in [-0.25, -0.2) is 0 Å². The van der Waals surface area contributed by atoms with E-state index in [0.29, 0.717) is 11.1 Å². The van der Waals surface area contributed by atoms with Gasteiger partial charge in [0.05, 0.1) is 0 Å². The van der Waals surface area contributed by atoms with Gasteiger partial charge in [0.25, 0.3) is 0 Å². The smallest absolute Gasteiger partial charge is 0.320 e. The zero-order chi connectivity index (χ0) is 15.0. The Kier molecular flexibility index (Phi) is 3.19. The fraction of sp³-hybridized carbons (Fsp3) is 0.125. The van der Waals surface area contributed by atoms with Crippen LogP contribution in [0.5, 0.6) is 0 Å². The minimum atomic E-state index is -1.19. The zero-order valence-electron chi connectivity index (χ0n) is 11.1. The van der Waals surface area contributed by atoms with Crippen molar-refractivity contribution in [2.24, 2.45) is 5.73 Å². The lowest BCUT2D eigenvalue weighted by Crippen LogP contribution is -2.32. The SMILES string of the molecule is N[C@@H](CC(=O)c1ccc2oc3ccccc3c2c1)C(=O)O. The molecule has 0 saturated carbocycles. The van der Waals surface area contributed by atoms with Crippen molar-refractivity contribution >= 4 is 33.7 Å². The minimum absolute atomic E-state index is 0.226.